The Bertz CT molecular complexity index is 1280. The van der Waals surface area contributed by atoms with E-state index in [0.717, 1.165) is 29.6 Å². The molecule has 1 aliphatic rings. The van der Waals surface area contributed by atoms with Gasteiger partial charge in [0.15, 0.2) is 23.0 Å². The van der Waals surface area contributed by atoms with Crippen LogP contribution in [0.2, 0.25) is 0 Å². The van der Waals surface area contributed by atoms with E-state index in [1.54, 1.807) is 31.1 Å². The van der Waals surface area contributed by atoms with E-state index >= 15 is 0 Å². The Balaban J connectivity index is 1.55. The predicted octanol–water partition coefficient (Wildman–Crippen LogP) is 4.03. The Kier molecular flexibility index (Phi) is 6.19. The molecular formula is C25H31N7O2. The smallest absolute Gasteiger partial charge is 0.226 e. The number of piperidine rings is 1. The Morgan fingerprint density at radius 3 is 2.53 bits per heavy atom. The zero-order valence-corrected chi connectivity index (χ0v) is 20.2. The maximum absolute atomic E-state index is 5.53. The van der Waals surface area contributed by atoms with Gasteiger partial charge in [0.25, 0.3) is 0 Å². The third-order valence-electron chi connectivity index (χ3n) is 6.73. The summed E-state index contributed by atoms with van der Waals surface area (Å²) in [6.45, 7) is 6.34. The number of hydrogen-bond acceptors (Lipinski definition) is 8. The highest BCUT2D eigenvalue weighted by Crippen LogP contribution is 2.34. The molecule has 0 saturated carbocycles. The number of aromatic nitrogens is 5. The molecule has 1 aliphatic heterocycles. The first kappa shape index (κ1) is 22.3. The molecule has 0 aliphatic carbocycles. The average Bonchev–Trinajstić information content (AvgIpc) is 3.31. The highest BCUT2D eigenvalue weighted by molar-refractivity contribution is 5.95. The highest BCUT2D eigenvalue weighted by Gasteiger charge is 2.24. The van der Waals surface area contributed by atoms with Crippen molar-refractivity contribution in [3.8, 4) is 22.9 Å². The Morgan fingerprint density at radius 2 is 1.82 bits per heavy atom. The summed E-state index contributed by atoms with van der Waals surface area (Å²) in [5, 5.41) is 9.14. The fourth-order valence-electron chi connectivity index (χ4n) is 4.88. The van der Waals surface area contributed by atoms with Crippen molar-refractivity contribution in [3.05, 3.63) is 36.7 Å². The van der Waals surface area contributed by atoms with Gasteiger partial charge >= 0.3 is 0 Å². The molecule has 4 aromatic rings. The summed E-state index contributed by atoms with van der Waals surface area (Å²) in [5.74, 6) is 2.49. The van der Waals surface area contributed by atoms with Gasteiger partial charge in [-0.15, -0.1) is 5.10 Å². The summed E-state index contributed by atoms with van der Waals surface area (Å²) in [6.07, 6.45) is 7.31. The van der Waals surface area contributed by atoms with Crippen LogP contribution < -0.4 is 14.8 Å². The summed E-state index contributed by atoms with van der Waals surface area (Å²) in [4.78, 5) is 16.5. The summed E-state index contributed by atoms with van der Waals surface area (Å²) in [5.41, 5.74) is 2.31. The third kappa shape index (κ3) is 4.11. The predicted molar refractivity (Wildman–Crippen MR) is 133 cm³/mol. The van der Waals surface area contributed by atoms with Gasteiger partial charge in [-0.05, 0) is 44.9 Å². The van der Waals surface area contributed by atoms with Crippen molar-refractivity contribution in [1.82, 2.24) is 29.5 Å². The van der Waals surface area contributed by atoms with Crippen molar-refractivity contribution < 1.29 is 9.47 Å². The van der Waals surface area contributed by atoms with Crippen molar-refractivity contribution in [2.45, 2.75) is 45.2 Å². The van der Waals surface area contributed by atoms with E-state index in [1.165, 1.54) is 19.3 Å². The maximum atomic E-state index is 5.53. The highest BCUT2D eigenvalue weighted by atomic mass is 16.5. The van der Waals surface area contributed by atoms with Crippen LogP contribution in [0.4, 0.5) is 5.95 Å². The molecule has 0 bridgehead atoms. The van der Waals surface area contributed by atoms with Crippen LogP contribution in [0.15, 0.2) is 36.7 Å². The normalized spacial score (nSPS) is 18.9. The van der Waals surface area contributed by atoms with E-state index in [0.29, 0.717) is 41.0 Å². The lowest BCUT2D eigenvalue weighted by Gasteiger charge is -2.39. The lowest BCUT2D eigenvalue weighted by Crippen LogP contribution is -2.45. The minimum atomic E-state index is 0.593. The first-order valence-electron chi connectivity index (χ1n) is 11.8. The van der Waals surface area contributed by atoms with Crippen molar-refractivity contribution in [1.29, 1.82) is 0 Å². The van der Waals surface area contributed by atoms with Crippen LogP contribution in [0.25, 0.3) is 27.9 Å². The topological polar surface area (TPSA) is 89.7 Å². The van der Waals surface area contributed by atoms with Gasteiger partial charge in [-0.2, -0.15) is 4.52 Å². The molecule has 5 rings (SSSR count). The Labute approximate surface area is 199 Å². The van der Waals surface area contributed by atoms with Crippen LogP contribution >= 0.6 is 0 Å². The number of likely N-dealkylation sites (tertiary alicyclic amines) is 1. The molecular weight excluding hydrogens is 430 g/mol. The third-order valence-corrected chi connectivity index (χ3v) is 6.73. The van der Waals surface area contributed by atoms with Crippen LogP contribution in [0.5, 0.6) is 11.5 Å². The van der Waals surface area contributed by atoms with Gasteiger partial charge in [-0.3, -0.25) is 9.88 Å². The van der Waals surface area contributed by atoms with E-state index in [9.17, 15) is 0 Å². The van der Waals surface area contributed by atoms with Crippen LogP contribution in [-0.2, 0) is 0 Å². The molecule has 9 heteroatoms. The summed E-state index contributed by atoms with van der Waals surface area (Å²) >= 11 is 0. The van der Waals surface area contributed by atoms with E-state index in [-0.39, 0.29) is 0 Å². The molecule has 4 heterocycles. The largest absolute Gasteiger partial charge is 0.493 e. The van der Waals surface area contributed by atoms with Gasteiger partial charge in [-0.25, -0.2) is 9.97 Å². The average molecular weight is 462 g/mol. The fourth-order valence-corrected chi connectivity index (χ4v) is 4.88. The monoisotopic (exact) mass is 461 g/mol. The van der Waals surface area contributed by atoms with Crippen LogP contribution in [0.1, 0.15) is 33.1 Å². The van der Waals surface area contributed by atoms with Gasteiger partial charge in [0.05, 0.1) is 19.7 Å². The fraction of sp³-hybridized carbons (Fsp3) is 0.440. The molecule has 2 atom stereocenters. The zero-order valence-electron chi connectivity index (χ0n) is 20.2. The molecule has 2 unspecified atom stereocenters. The summed E-state index contributed by atoms with van der Waals surface area (Å²) in [7, 11) is 3.25. The number of ether oxygens (including phenoxy) is 2. The van der Waals surface area contributed by atoms with Crippen molar-refractivity contribution in [3.63, 3.8) is 0 Å². The summed E-state index contributed by atoms with van der Waals surface area (Å²) < 4.78 is 12.8. The molecule has 1 saturated heterocycles. The second kappa shape index (κ2) is 9.42. The second-order valence-electron chi connectivity index (χ2n) is 8.87. The van der Waals surface area contributed by atoms with E-state index in [2.05, 4.69) is 29.0 Å². The number of hydrogen-bond donors (Lipinski definition) is 1. The van der Waals surface area contributed by atoms with Gasteiger partial charge in [-0.1, -0.05) is 6.42 Å². The quantitative estimate of drug-likeness (QED) is 0.441. The minimum Gasteiger partial charge on any atom is -0.493 e. The zero-order chi connectivity index (χ0) is 23.7. The van der Waals surface area contributed by atoms with Gasteiger partial charge in [0.1, 0.15) is 0 Å². The van der Waals surface area contributed by atoms with Gasteiger partial charge < -0.3 is 14.8 Å². The lowest BCUT2D eigenvalue weighted by atomic mass is 9.98. The number of benzene rings is 1. The minimum absolute atomic E-state index is 0.593. The molecule has 0 spiro atoms. The van der Waals surface area contributed by atoms with Gasteiger partial charge in [0.2, 0.25) is 5.95 Å². The second-order valence-corrected chi connectivity index (χ2v) is 8.87. The van der Waals surface area contributed by atoms with Crippen molar-refractivity contribution in [2.24, 2.45) is 0 Å². The number of fused-ring (bicyclic) bond motifs is 3. The Hall–Kier alpha value is -3.46. The first-order chi connectivity index (χ1) is 16.6. The molecule has 9 nitrogen and oxygen atoms in total. The van der Waals surface area contributed by atoms with E-state index in [1.807, 2.05) is 24.3 Å². The number of rotatable bonds is 7. The molecule has 1 fully saturated rings. The Morgan fingerprint density at radius 1 is 1.06 bits per heavy atom. The molecule has 3 aromatic heterocycles. The van der Waals surface area contributed by atoms with Crippen molar-refractivity contribution in [2.75, 3.05) is 32.6 Å². The van der Waals surface area contributed by atoms with Gasteiger partial charge in [0, 0.05) is 54.6 Å². The molecule has 178 valence electrons. The standard InChI is InChI=1S/C25H31N7O2/c1-16-7-5-8-17(2)31(16)12-11-27-25-28-20-14-22(34-4)21(33-3)13-19(20)24-29-23(30-32(24)25)18-9-6-10-26-15-18/h6,9-10,13-17H,5,7-8,11-12H2,1-4H3,(H,27,28). The van der Waals surface area contributed by atoms with E-state index in [4.69, 9.17) is 24.5 Å². The number of nitrogens with one attached hydrogen (secondary N) is 1. The SMILES string of the molecule is COc1cc2nc(NCCN3C(C)CCCC3C)n3nc(-c4cccnc4)nc3c2cc1OC. The number of methoxy groups -OCH3 is 2. The van der Waals surface area contributed by atoms with Crippen LogP contribution in [0, 0.1) is 0 Å². The molecule has 1 N–H and O–H groups in total. The number of nitrogens with zero attached hydrogens (tertiary/aromatic N) is 6. The molecule has 1 aromatic carbocycles. The maximum Gasteiger partial charge on any atom is 0.226 e. The first-order valence-corrected chi connectivity index (χ1v) is 11.8. The van der Waals surface area contributed by atoms with Crippen LogP contribution in [-0.4, -0.2) is 68.9 Å². The number of anilines is 1. The number of pyridine rings is 1. The lowest BCUT2D eigenvalue weighted by molar-refractivity contribution is 0.109. The molecule has 0 radical (unpaired) electrons. The summed E-state index contributed by atoms with van der Waals surface area (Å²) in [6, 6.07) is 8.80. The molecule has 34 heavy (non-hydrogen) atoms. The van der Waals surface area contributed by atoms with Crippen LogP contribution in [0.3, 0.4) is 0 Å². The van der Waals surface area contributed by atoms with E-state index < -0.39 is 0 Å². The molecule has 0 amide bonds. The van der Waals surface area contributed by atoms with Crippen molar-refractivity contribution >= 4 is 22.5 Å².